The maximum absolute atomic E-state index is 13.0. The standard InChI is InChI=1S/C26H21ClN2O2S/c1-14(2)16-10-11-21-20(12-16)29-26(31-21)17-9-8-15(3)19(13-17)28-25(30)24-23(27)18-6-4-5-7-22(18)32-24/h4-14H,1-3H3,(H,28,30). The molecule has 32 heavy (non-hydrogen) atoms. The van der Waals surface area contributed by atoms with Crippen LogP contribution in [-0.4, -0.2) is 10.9 Å². The number of carbonyl (C=O) groups is 1. The van der Waals surface area contributed by atoms with Gasteiger partial charge in [-0.05, 0) is 54.3 Å². The van der Waals surface area contributed by atoms with Gasteiger partial charge in [0, 0.05) is 21.3 Å². The van der Waals surface area contributed by atoms with Crippen molar-refractivity contribution < 1.29 is 9.21 Å². The summed E-state index contributed by atoms with van der Waals surface area (Å²) in [5, 5.41) is 4.39. The zero-order valence-corrected chi connectivity index (χ0v) is 19.5. The van der Waals surface area contributed by atoms with Crippen LogP contribution in [0.1, 0.15) is 40.6 Å². The second kappa shape index (κ2) is 8.08. The van der Waals surface area contributed by atoms with Gasteiger partial charge in [0.05, 0.1) is 5.02 Å². The number of hydrogen-bond donors (Lipinski definition) is 1. The van der Waals surface area contributed by atoms with Crippen molar-refractivity contribution in [3.63, 3.8) is 0 Å². The van der Waals surface area contributed by atoms with E-state index in [4.69, 9.17) is 16.0 Å². The van der Waals surface area contributed by atoms with Crippen molar-refractivity contribution in [2.75, 3.05) is 5.32 Å². The highest BCUT2D eigenvalue weighted by molar-refractivity contribution is 7.21. The van der Waals surface area contributed by atoms with Gasteiger partial charge in [0.25, 0.3) is 5.91 Å². The van der Waals surface area contributed by atoms with E-state index in [2.05, 4.69) is 36.3 Å². The number of nitrogens with one attached hydrogen (secondary N) is 1. The van der Waals surface area contributed by atoms with Gasteiger partial charge in [-0.1, -0.05) is 55.8 Å². The minimum absolute atomic E-state index is 0.226. The number of halogens is 1. The highest BCUT2D eigenvalue weighted by Gasteiger charge is 2.18. The molecule has 160 valence electrons. The maximum atomic E-state index is 13.0. The van der Waals surface area contributed by atoms with Gasteiger partial charge in [-0.3, -0.25) is 4.79 Å². The van der Waals surface area contributed by atoms with Gasteiger partial charge in [0.2, 0.25) is 5.89 Å². The third-order valence-electron chi connectivity index (χ3n) is 5.55. The number of rotatable bonds is 4. The number of hydrogen-bond acceptors (Lipinski definition) is 4. The summed E-state index contributed by atoms with van der Waals surface area (Å²) in [7, 11) is 0. The Balaban J connectivity index is 1.48. The second-order valence-electron chi connectivity index (χ2n) is 8.13. The van der Waals surface area contributed by atoms with Crippen molar-refractivity contribution in [3.05, 3.63) is 81.7 Å². The molecule has 0 aliphatic rings. The number of thiophene rings is 1. The lowest BCUT2D eigenvalue weighted by atomic mass is 10.0. The topological polar surface area (TPSA) is 55.1 Å². The monoisotopic (exact) mass is 460 g/mol. The van der Waals surface area contributed by atoms with E-state index in [9.17, 15) is 4.79 Å². The van der Waals surface area contributed by atoms with Crippen LogP contribution in [0.5, 0.6) is 0 Å². The number of nitrogens with zero attached hydrogens (tertiary/aromatic N) is 1. The fourth-order valence-corrected chi connectivity index (χ4v) is 5.07. The van der Waals surface area contributed by atoms with E-state index < -0.39 is 0 Å². The Bertz CT molecular complexity index is 1480. The third-order valence-corrected chi connectivity index (χ3v) is 7.23. The fraction of sp³-hybridized carbons (Fsp3) is 0.154. The molecule has 0 saturated heterocycles. The maximum Gasteiger partial charge on any atom is 0.267 e. The number of benzene rings is 3. The smallest absolute Gasteiger partial charge is 0.267 e. The average Bonchev–Trinajstić information content (AvgIpc) is 3.36. The molecule has 0 atom stereocenters. The molecule has 0 bridgehead atoms. The SMILES string of the molecule is Cc1ccc(-c2nc3cc(C(C)C)ccc3o2)cc1NC(=O)c1sc2ccccc2c1Cl. The van der Waals surface area contributed by atoms with Gasteiger partial charge >= 0.3 is 0 Å². The van der Waals surface area contributed by atoms with Gasteiger partial charge in [-0.15, -0.1) is 11.3 Å². The molecule has 0 fully saturated rings. The molecule has 1 N–H and O–H groups in total. The Morgan fingerprint density at radius 2 is 1.91 bits per heavy atom. The Hall–Kier alpha value is -3.15. The summed E-state index contributed by atoms with van der Waals surface area (Å²) in [4.78, 5) is 18.2. The lowest BCUT2D eigenvalue weighted by Crippen LogP contribution is -2.11. The number of fused-ring (bicyclic) bond motifs is 2. The molecule has 0 unspecified atom stereocenters. The predicted molar refractivity (Wildman–Crippen MR) is 133 cm³/mol. The average molecular weight is 461 g/mol. The lowest BCUT2D eigenvalue weighted by molar-refractivity contribution is 0.103. The lowest BCUT2D eigenvalue weighted by Gasteiger charge is -2.09. The van der Waals surface area contributed by atoms with Crippen LogP contribution in [0, 0.1) is 6.92 Å². The van der Waals surface area contributed by atoms with E-state index in [0.29, 0.717) is 27.4 Å². The Kier molecular flexibility index (Phi) is 5.24. The fourth-order valence-electron chi connectivity index (χ4n) is 3.66. The molecule has 1 amide bonds. The molecular formula is C26H21ClN2O2S. The highest BCUT2D eigenvalue weighted by atomic mass is 35.5. The molecule has 0 spiro atoms. The third kappa shape index (κ3) is 3.68. The molecule has 5 aromatic rings. The summed E-state index contributed by atoms with van der Waals surface area (Å²) < 4.78 is 6.98. The number of aromatic nitrogens is 1. The zero-order valence-electron chi connectivity index (χ0n) is 17.9. The summed E-state index contributed by atoms with van der Waals surface area (Å²) in [6, 6.07) is 19.6. The molecule has 5 rings (SSSR count). The number of oxazole rings is 1. The first-order chi connectivity index (χ1) is 15.4. The predicted octanol–water partition coefficient (Wildman–Crippen LogP) is 8.05. The van der Waals surface area contributed by atoms with Crippen LogP contribution >= 0.6 is 22.9 Å². The van der Waals surface area contributed by atoms with Gasteiger partial charge in [-0.2, -0.15) is 0 Å². The number of aryl methyl sites for hydroxylation is 1. The van der Waals surface area contributed by atoms with Crippen molar-refractivity contribution in [1.82, 2.24) is 4.98 Å². The first kappa shape index (κ1) is 20.7. The minimum Gasteiger partial charge on any atom is -0.436 e. The summed E-state index contributed by atoms with van der Waals surface area (Å²) in [5.74, 6) is 0.716. The summed E-state index contributed by atoms with van der Waals surface area (Å²) >= 11 is 7.88. The van der Waals surface area contributed by atoms with Crippen molar-refractivity contribution >= 4 is 55.7 Å². The van der Waals surface area contributed by atoms with E-state index in [0.717, 1.165) is 32.3 Å². The van der Waals surface area contributed by atoms with Gasteiger partial charge in [0.1, 0.15) is 10.4 Å². The second-order valence-corrected chi connectivity index (χ2v) is 9.56. The molecule has 0 aliphatic heterocycles. The summed E-state index contributed by atoms with van der Waals surface area (Å²) in [6.45, 7) is 6.26. The van der Waals surface area contributed by atoms with Crippen molar-refractivity contribution in [2.24, 2.45) is 0 Å². The Morgan fingerprint density at radius 1 is 1.09 bits per heavy atom. The zero-order chi connectivity index (χ0) is 22.4. The molecule has 6 heteroatoms. The Morgan fingerprint density at radius 3 is 2.69 bits per heavy atom. The number of carbonyl (C=O) groups excluding carboxylic acids is 1. The van der Waals surface area contributed by atoms with Gasteiger partial charge in [-0.25, -0.2) is 4.98 Å². The first-order valence-corrected chi connectivity index (χ1v) is 11.6. The first-order valence-electron chi connectivity index (χ1n) is 10.4. The molecule has 0 radical (unpaired) electrons. The molecule has 2 aromatic heterocycles. The molecule has 0 aliphatic carbocycles. The van der Waals surface area contributed by atoms with Crippen molar-refractivity contribution in [2.45, 2.75) is 26.7 Å². The molecule has 3 aromatic carbocycles. The number of anilines is 1. The largest absolute Gasteiger partial charge is 0.436 e. The summed E-state index contributed by atoms with van der Waals surface area (Å²) in [6.07, 6.45) is 0. The van der Waals surface area contributed by atoms with Gasteiger partial charge in [0.15, 0.2) is 5.58 Å². The molecule has 4 nitrogen and oxygen atoms in total. The van der Waals surface area contributed by atoms with E-state index in [1.165, 1.54) is 16.9 Å². The summed E-state index contributed by atoms with van der Waals surface area (Å²) in [5.41, 5.74) is 5.23. The van der Waals surface area contributed by atoms with E-state index in [-0.39, 0.29) is 5.91 Å². The van der Waals surface area contributed by atoms with E-state index in [1.54, 1.807) is 0 Å². The van der Waals surface area contributed by atoms with Crippen molar-refractivity contribution in [1.29, 1.82) is 0 Å². The van der Waals surface area contributed by atoms with Crippen LogP contribution in [0.2, 0.25) is 5.02 Å². The van der Waals surface area contributed by atoms with Crippen LogP contribution in [-0.2, 0) is 0 Å². The van der Waals surface area contributed by atoms with Crippen LogP contribution < -0.4 is 5.32 Å². The van der Waals surface area contributed by atoms with Crippen LogP contribution in [0.3, 0.4) is 0 Å². The van der Waals surface area contributed by atoms with Crippen LogP contribution in [0.25, 0.3) is 32.6 Å². The molecule has 0 saturated carbocycles. The highest BCUT2D eigenvalue weighted by Crippen LogP contribution is 2.36. The number of amides is 1. The Labute approximate surface area is 194 Å². The minimum atomic E-state index is -0.226. The molecule has 2 heterocycles. The van der Waals surface area contributed by atoms with Gasteiger partial charge < -0.3 is 9.73 Å². The van der Waals surface area contributed by atoms with Crippen LogP contribution in [0.4, 0.5) is 5.69 Å². The van der Waals surface area contributed by atoms with Crippen LogP contribution in [0.15, 0.2) is 65.1 Å². The van der Waals surface area contributed by atoms with E-state index >= 15 is 0 Å². The quantitative estimate of drug-likeness (QED) is 0.295. The molecular weight excluding hydrogens is 440 g/mol. The van der Waals surface area contributed by atoms with E-state index in [1.807, 2.05) is 55.5 Å². The normalized spacial score (nSPS) is 11.5. The van der Waals surface area contributed by atoms with Crippen molar-refractivity contribution in [3.8, 4) is 11.5 Å².